The highest BCUT2D eigenvalue weighted by atomic mass is 16.5. The molecular weight excluding hydrogens is 224 g/mol. The Morgan fingerprint density at radius 2 is 1.89 bits per heavy atom. The van der Waals surface area contributed by atoms with Gasteiger partial charge in [-0.2, -0.15) is 0 Å². The van der Waals surface area contributed by atoms with Gasteiger partial charge in [0.25, 0.3) is 0 Å². The van der Waals surface area contributed by atoms with Crippen molar-refractivity contribution in [2.24, 2.45) is 5.92 Å². The van der Waals surface area contributed by atoms with Gasteiger partial charge in [0.15, 0.2) is 0 Å². The highest BCUT2D eigenvalue weighted by molar-refractivity contribution is 5.69. The minimum absolute atomic E-state index is 0.141. The number of benzene rings is 1. The third kappa shape index (κ3) is 4.36. The largest absolute Gasteiger partial charge is 0.458 e. The van der Waals surface area contributed by atoms with Gasteiger partial charge < -0.3 is 4.74 Å². The zero-order valence-corrected chi connectivity index (χ0v) is 11.6. The van der Waals surface area contributed by atoms with E-state index >= 15 is 0 Å². The summed E-state index contributed by atoms with van der Waals surface area (Å²) in [7, 11) is 0. The Morgan fingerprint density at radius 1 is 1.28 bits per heavy atom. The summed E-state index contributed by atoms with van der Waals surface area (Å²) in [5, 5.41) is 0. The smallest absolute Gasteiger partial charge is 0.306 e. The third-order valence-electron chi connectivity index (χ3n) is 2.80. The van der Waals surface area contributed by atoms with E-state index in [0.29, 0.717) is 6.42 Å². The molecule has 0 saturated carbocycles. The molecule has 0 bridgehead atoms. The van der Waals surface area contributed by atoms with Crippen molar-refractivity contribution in [2.75, 3.05) is 0 Å². The molecule has 1 aromatic rings. The Balaban J connectivity index is 2.86. The topological polar surface area (TPSA) is 26.3 Å². The van der Waals surface area contributed by atoms with E-state index in [-0.39, 0.29) is 18.0 Å². The van der Waals surface area contributed by atoms with Crippen molar-refractivity contribution < 1.29 is 9.53 Å². The van der Waals surface area contributed by atoms with E-state index < -0.39 is 0 Å². The molecule has 1 aromatic carbocycles. The molecule has 0 fully saturated rings. The minimum Gasteiger partial charge on any atom is -0.458 e. The van der Waals surface area contributed by atoms with Crippen LogP contribution >= 0.6 is 0 Å². The molecule has 1 rings (SSSR count). The lowest BCUT2D eigenvalue weighted by Gasteiger charge is -2.22. The van der Waals surface area contributed by atoms with Crippen molar-refractivity contribution in [1.29, 1.82) is 0 Å². The fourth-order valence-corrected chi connectivity index (χ4v) is 1.87. The van der Waals surface area contributed by atoms with Crippen molar-refractivity contribution in [3.63, 3.8) is 0 Å². The quantitative estimate of drug-likeness (QED) is 0.732. The van der Waals surface area contributed by atoms with Crippen LogP contribution in [0.4, 0.5) is 0 Å². The molecule has 0 N–H and O–H groups in total. The molecular formula is C16H22O2. The fraction of sp³-hybridized carbons (Fsp3) is 0.438. The molecule has 18 heavy (non-hydrogen) atoms. The Labute approximate surface area is 110 Å². The molecule has 0 aliphatic carbocycles. The summed E-state index contributed by atoms with van der Waals surface area (Å²) in [6, 6.07) is 10.1. The van der Waals surface area contributed by atoms with E-state index in [1.807, 2.05) is 44.2 Å². The van der Waals surface area contributed by atoms with E-state index in [2.05, 4.69) is 19.9 Å². The van der Waals surface area contributed by atoms with Crippen molar-refractivity contribution in [2.45, 2.75) is 40.2 Å². The Hall–Kier alpha value is -1.57. The van der Waals surface area contributed by atoms with Crippen LogP contribution in [-0.2, 0) is 9.53 Å². The predicted molar refractivity (Wildman–Crippen MR) is 75.1 cm³/mol. The number of esters is 1. The number of carbonyl (C=O) groups is 1. The van der Waals surface area contributed by atoms with Crippen LogP contribution in [0.25, 0.3) is 6.08 Å². The van der Waals surface area contributed by atoms with Crippen LogP contribution in [0.15, 0.2) is 35.9 Å². The first-order chi connectivity index (χ1) is 8.54. The average Bonchev–Trinajstić information content (AvgIpc) is 2.36. The second-order valence-electron chi connectivity index (χ2n) is 4.81. The van der Waals surface area contributed by atoms with Crippen LogP contribution in [0.3, 0.4) is 0 Å². The van der Waals surface area contributed by atoms with E-state index in [4.69, 9.17) is 4.74 Å². The molecule has 2 heteroatoms. The first-order valence-electron chi connectivity index (χ1n) is 6.47. The molecule has 0 unspecified atom stereocenters. The molecule has 0 aromatic heterocycles. The minimum atomic E-state index is -0.144. The van der Waals surface area contributed by atoms with Gasteiger partial charge in [0.2, 0.25) is 0 Å². The van der Waals surface area contributed by atoms with Gasteiger partial charge in [-0.15, -0.1) is 0 Å². The summed E-state index contributed by atoms with van der Waals surface area (Å²) in [5.74, 6) is 0.134. The molecule has 0 radical (unpaired) electrons. The van der Waals surface area contributed by atoms with Gasteiger partial charge >= 0.3 is 5.97 Å². The molecule has 0 amide bonds. The average molecular weight is 246 g/mol. The second-order valence-corrected chi connectivity index (χ2v) is 4.81. The van der Waals surface area contributed by atoms with Crippen molar-refractivity contribution in [1.82, 2.24) is 0 Å². The zero-order chi connectivity index (χ0) is 13.5. The Bertz CT molecular complexity index is 404. The van der Waals surface area contributed by atoms with Crippen molar-refractivity contribution >= 4 is 12.0 Å². The van der Waals surface area contributed by atoms with Gasteiger partial charge in [-0.05, 0) is 24.0 Å². The number of carbonyl (C=O) groups excluding carboxylic acids is 1. The molecule has 2 nitrogen and oxygen atoms in total. The van der Waals surface area contributed by atoms with E-state index in [1.165, 1.54) is 0 Å². The van der Waals surface area contributed by atoms with Gasteiger partial charge in [0.1, 0.15) is 6.10 Å². The number of ether oxygens (including phenoxy) is 1. The van der Waals surface area contributed by atoms with E-state index in [9.17, 15) is 4.79 Å². The lowest BCUT2D eigenvalue weighted by atomic mass is 9.98. The monoisotopic (exact) mass is 246 g/mol. The van der Waals surface area contributed by atoms with Crippen LogP contribution in [0.1, 0.15) is 39.7 Å². The second kappa shape index (κ2) is 7.00. The van der Waals surface area contributed by atoms with E-state index in [1.54, 1.807) is 0 Å². The van der Waals surface area contributed by atoms with E-state index in [0.717, 1.165) is 11.1 Å². The summed E-state index contributed by atoms with van der Waals surface area (Å²) >= 11 is 0. The van der Waals surface area contributed by atoms with Gasteiger partial charge in [0.05, 0.1) is 0 Å². The molecule has 0 saturated heterocycles. The lowest BCUT2D eigenvalue weighted by Crippen LogP contribution is -2.24. The molecule has 0 heterocycles. The molecule has 0 spiro atoms. The first kappa shape index (κ1) is 14.5. The molecule has 0 aliphatic rings. The third-order valence-corrected chi connectivity index (χ3v) is 2.80. The molecule has 1 atom stereocenters. The van der Waals surface area contributed by atoms with Crippen LogP contribution in [-0.4, -0.2) is 12.1 Å². The summed E-state index contributed by atoms with van der Waals surface area (Å²) in [4.78, 5) is 11.4. The van der Waals surface area contributed by atoms with Crippen LogP contribution in [0.2, 0.25) is 0 Å². The fourth-order valence-electron chi connectivity index (χ4n) is 1.87. The lowest BCUT2D eigenvalue weighted by molar-refractivity contribution is -0.148. The van der Waals surface area contributed by atoms with Gasteiger partial charge in [-0.1, -0.05) is 57.2 Å². The number of hydrogen-bond donors (Lipinski definition) is 0. The summed E-state index contributed by atoms with van der Waals surface area (Å²) in [6.07, 6.45) is 2.35. The van der Waals surface area contributed by atoms with Gasteiger partial charge in [0, 0.05) is 6.42 Å². The van der Waals surface area contributed by atoms with Crippen LogP contribution in [0.5, 0.6) is 0 Å². The molecule has 0 aliphatic heterocycles. The normalized spacial score (nSPS) is 13.5. The van der Waals surface area contributed by atoms with Gasteiger partial charge in [-0.3, -0.25) is 4.79 Å². The van der Waals surface area contributed by atoms with Gasteiger partial charge in [-0.25, -0.2) is 0 Å². The highest BCUT2D eigenvalue weighted by Crippen LogP contribution is 2.19. The van der Waals surface area contributed by atoms with Crippen molar-refractivity contribution in [3.05, 3.63) is 41.5 Å². The number of hydrogen-bond acceptors (Lipinski definition) is 2. The first-order valence-corrected chi connectivity index (χ1v) is 6.47. The van der Waals surface area contributed by atoms with Crippen LogP contribution < -0.4 is 0 Å². The Morgan fingerprint density at radius 3 is 2.39 bits per heavy atom. The summed E-state index contributed by atoms with van der Waals surface area (Å²) < 4.78 is 5.49. The maximum absolute atomic E-state index is 11.4. The Kier molecular flexibility index (Phi) is 5.63. The SMILES string of the molecule is CCC(=O)O[C@@H](/C(C)=C/c1ccccc1)C(C)C. The predicted octanol–water partition coefficient (Wildman–Crippen LogP) is 4.07. The standard InChI is InChI=1S/C16H22O2/c1-5-15(17)18-16(12(2)3)13(4)11-14-9-7-6-8-10-14/h6-12,16H,5H2,1-4H3/b13-11+/t16-/m1/s1. The maximum Gasteiger partial charge on any atom is 0.306 e. The van der Waals surface area contributed by atoms with Crippen LogP contribution in [0, 0.1) is 5.92 Å². The maximum atomic E-state index is 11.4. The number of rotatable bonds is 5. The molecule has 98 valence electrons. The van der Waals surface area contributed by atoms with Crippen molar-refractivity contribution in [3.8, 4) is 0 Å². The highest BCUT2D eigenvalue weighted by Gasteiger charge is 2.19. The summed E-state index contributed by atoms with van der Waals surface area (Å²) in [6.45, 7) is 7.96. The zero-order valence-electron chi connectivity index (χ0n) is 11.6. The summed E-state index contributed by atoms with van der Waals surface area (Å²) in [5.41, 5.74) is 2.21.